The summed E-state index contributed by atoms with van der Waals surface area (Å²) in [5.41, 5.74) is 1.54. The lowest BCUT2D eigenvalue weighted by Crippen LogP contribution is -2.08. The van der Waals surface area contributed by atoms with Crippen LogP contribution >= 0.6 is 11.6 Å². The molecule has 0 radical (unpaired) electrons. The van der Waals surface area contributed by atoms with Crippen molar-refractivity contribution in [1.29, 1.82) is 0 Å². The Morgan fingerprint density at radius 2 is 2.17 bits per heavy atom. The molecule has 0 atom stereocenters. The molecule has 7 nitrogen and oxygen atoms in total. The molecule has 8 heteroatoms. The Bertz CT molecular complexity index is 833. The summed E-state index contributed by atoms with van der Waals surface area (Å²) in [5, 5.41) is 4.39. The van der Waals surface area contributed by atoms with Crippen LogP contribution < -0.4 is 0 Å². The van der Waals surface area contributed by atoms with Crippen molar-refractivity contribution >= 4 is 17.6 Å². The van der Waals surface area contributed by atoms with Gasteiger partial charge in [0, 0.05) is 16.8 Å². The van der Waals surface area contributed by atoms with E-state index in [1.807, 2.05) is 0 Å². The molecule has 0 fully saturated rings. The lowest BCUT2D eigenvalue weighted by molar-refractivity contribution is 0.0422. The zero-order chi connectivity index (χ0) is 16.2. The Morgan fingerprint density at radius 3 is 2.91 bits per heavy atom. The number of esters is 1. The smallest absolute Gasteiger partial charge is 0.359 e. The zero-order valence-electron chi connectivity index (χ0n) is 12.1. The monoisotopic (exact) mass is 330 g/mol. The number of rotatable bonds is 4. The van der Waals surface area contributed by atoms with Crippen molar-refractivity contribution < 1.29 is 14.1 Å². The van der Waals surface area contributed by atoms with Gasteiger partial charge in [0.15, 0.2) is 12.3 Å². The quantitative estimate of drug-likeness (QED) is 0.679. The van der Waals surface area contributed by atoms with Crippen LogP contribution in [0.2, 0.25) is 5.02 Å². The number of hydrogen-bond acceptors (Lipinski definition) is 7. The third-order valence-electron chi connectivity index (χ3n) is 2.87. The molecule has 116 valence electrons. The van der Waals surface area contributed by atoms with E-state index in [0.717, 1.165) is 0 Å². The Morgan fingerprint density at radius 1 is 1.30 bits per heavy atom. The van der Waals surface area contributed by atoms with Crippen LogP contribution in [0.3, 0.4) is 0 Å². The van der Waals surface area contributed by atoms with E-state index in [1.54, 1.807) is 31.2 Å². The summed E-state index contributed by atoms with van der Waals surface area (Å²) in [5.74, 6) is -0.0675. The van der Waals surface area contributed by atoms with Gasteiger partial charge in [-0.2, -0.15) is 4.98 Å². The molecule has 0 aliphatic heterocycles. The SMILES string of the molecule is Cc1cnc(C(=O)OCc2nc(-c3cccc(Cl)c3)no2)cn1. The third-order valence-corrected chi connectivity index (χ3v) is 3.10. The van der Waals surface area contributed by atoms with Crippen LogP contribution in [-0.4, -0.2) is 26.1 Å². The number of carbonyl (C=O) groups is 1. The molecule has 1 aromatic carbocycles. The Balaban J connectivity index is 1.65. The largest absolute Gasteiger partial charge is 0.451 e. The molecule has 0 amide bonds. The van der Waals surface area contributed by atoms with E-state index < -0.39 is 5.97 Å². The second kappa shape index (κ2) is 6.53. The molecular weight excluding hydrogens is 320 g/mol. The first-order valence-electron chi connectivity index (χ1n) is 6.66. The lowest BCUT2D eigenvalue weighted by atomic mass is 10.2. The molecule has 3 aromatic rings. The normalized spacial score (nSPS) is 10.5. The molecule has 3 rings (SSSR count). The average molecular weight is 331 g/mol. The van der Waals surface area contributed by atoms with Crippen molar-refractivity contribution in [2.75, 3.05) is 0 Å². The van der Waals surface area contributed by atoms with Crippen LogP contribution in [0.1, 0.15) is 22.1 Å². The number of aryl methyl sites for hydroxylation is 1. The van der Waals surface area contributed by atoms with Gasteiger partial charge in [-0.1, -0.05) is 28.9 Å². The number of ether oxygens (including phenoxy) is 1. The van der Waals surface area contributed by atoms with Crippen molar-refractivity contribution in [1.82, 2.24) is 20.1 Å². The molecule has 2 heterocycles. The van der Waals surface area contributed by atoms with Gasteiger partial charge in [-0.05, 0) is 19.1 Å². The highest BCUT2D eigenvalue weighted by Gasteiger charge is 2.13. The van der Waals surface area contributed by atoms with Crippen LogP contribution in [0.15, 0.2) is 41.2 Å². The van der Waals surface area contributed by atoms with Gasteiger partial charge in [0.2, 0.25) is 5.82 Å². The van der Waals surface area contributed by atoms with E-state index in [2.05, 4.69) is 20.1 Å². The molecule has 0 aliphatic rings. The Kier molecular flexibility index (Phi) is 4.29. The Hall–Kier alpha value is -2.80. The predicted octanol–water partition coefficient (Wildman–Crippen LogP) is 2.85. The molecule has 0 saturated carbocycles. The van der Waals surface area contributed by atoms with Gasteiger partial charge < -0.3 is 9.26 Å². The molecule has 0 unspecified atom stereocenters. The molecule has 0 N–H and O–H groups in total. The van der Waals surface area contributed by atoms with Crippen molar-refractivity contribution in [3.05, 3.63) is 59.0 Å². The fraction of sp³-hybridized carbons (Fsp3) is 0.133. The summed E-state index contributed by atoms with van der Waals surface area (Å²) >= 11 is 5.91. The van der Waals surface area contributed by atoms with Gasteiger partial charge in [-0.15, -0.1) is 0 Å². The summed E-state index contributed by atoms with van der Waals surface area (Å²) in [6.45, 7) is 1.62. The predicted molar refractivity (Wildman–Crippen MR) is 80.6 cm³/mol. The molecule has 0 saturated heterocycles. The van der Waals surface area contributed by atoms with Gasteiger partial charge in [0.25, 0.3) is 5.89 Å². The maximum absolute atomic E-state index is 11.8. The first-order valence-corrected chi connectivity index (χ1v) is 7.04. The van der Waals surface area contributed by atoms with Crippen LogP contribution in [-0.2, 0) is 11.3 Å². The highest BCUT2D eigenvalue weighted by Crippen LogP contribution is 2.20. The number of benzene rings is 1. The molecule has 0 spiro atoms. The van der Waals surface area contributed by atoms with Crippen molar-refractivity contribution in [2.45, 2.75) is 13.5 Å². The van der Waals surface area contributed by atoms with E-state index in [9.17, 15) is 4.79 Å². The zero-order valence-corrected chi connectivity index (χ0v) is 12.8. The third kappa shape index (κ3) is 3.70. The summed E-state index contributed by atoms with van der Waals surface area (Å²) in [6, 6.07) is 7.04. The second-order valence-electron chi connectivity index (χ2n) is 4.64. The number of carbonyl (C=O) groups excluding carboxylic acids is 1. The van der Waals surface area contributed by atoms with E-state index in [4.69, 9.17) is 20.9 Å². The summed E-state index contributed by atoms with van der Waals surface area (Å²) in [7, 11) is 0. The molecule has 23 heavy (non-hydrogen) atoms. The van der Waals surface area contributed by atoms with Gasteiger partial charge in [-0.3, -0.25) is 4.98 Å². The minimum absolute atomic E-state index is 0.116. The second-order valence-corrected chi connectivity index (χ2v) is 5.08. The standard InChI is InChI=1S/C15H11ClN4O3/c1-9-6-18-12(7-17-9)15(21)22-8-13-19-14(20-23-13)10-3-2-4-11(16)5-10/h2-7H,8H2,1H3. The highest BCUT2D eigenvalue weighted by molar-refractivity contribution is 6.30. The van der Waals surface area contributed by atoms with Crippen molar-refractivity contribution in [3.8, 4) is 11.4 Å². The molecule has 0 bridgehead atoms. The van der Waals surface area contributed by atoms with Gasteiger partial charge in [0.1, 0.15) is 0 Å². The average Bonchev–Trinajstić information content (AvgIpc) is 3.02. The number of aromatic nitrogens is 4. The van der Waals surface area contributed by atoms with Crippen LogP contribution in [0.4, 0.5) is 0 Å². The topological polar surface area (TPSA) is 91.0 Å². The van der Waals surface area contributed by atoms with Gasteiger partial charge in [0.05, 0.1) is 11.9 Å². The van der Waals surface area contributed by atoms with Gasteiger partial charge in [-0.25, -0.2) is 9.78 Å². The molecule has 0 aliphatic carbocycles. The van der Waals surface area contributed by atoms with E-state index in [-0.39, 0.29) is 18.2 Å². The number of nitrogens with zero attached hydrogens (tertiary/aromatic N) is 4. The molecular formula is C15H11ClN4O3. The fourth-order valence-corrected chi connectivity index (χ4v) is 1.95. The highest BCUT2D eigenvalue weighted by atomic mass is 35.5. The first-order chi connectivity index (χ1) is 11.1. The molecule has 2 aromatic heterocycles. The van der Waals surface area contributed by atoms with Crippen LogP contribution in [0, 0.1) is 6.92 Å². The number of halogens is 1. The maximum atomic E-state index is 11.8. The minimum atomic E-state index is -0.611. The van der Waals surface area contributed by atoms with E-state index >= 15 is 0 Å². The summed E-state index contributed by atoms with van der Waals surface area (Å²) < 4.78 is 10.1. The van der Waals surface area contributed by atoms with E-state index in [0.29, 0.717) is 22.1 Å². The van der Waals surface area contributed by atoms with Crippen molar-refractivity contribution in [3.63, 3.8) is 0 Å². The first kappa shape index (κ1) is 15.1. The number of hydrogen-bond donors (Lipinski definition) is 0. The van der Waals surface area contributed by atoms with Gasteiger partial charge >= 0.3 is 5.97 Å². The lowest BCUT2D eigenvalue weighted by Gasteiger charge is -2.00. The van der Waals surface area contributed by atoms with E-state index in [1.165, 1.54) is 12.4 Å². The Labute approximate surface area is 136 Å². The van der Waals surface area contributed by atoms with Crippen LogP contribution in [0.25, 0.3) is 11.4 Å². The maximum Gasteiger partial charge on any atom is 0.359 e. The fourth-order valence-electron chi connectivity index (χ4n) is 1.76. The van der Waals surface area contributed by atoms with Crippen molar-refractivity contribution in [2.24, 2.45) is 0 Å². The summed E-state index contributed by atoms with van der Waals surface area (Å²) in [4.78, 5) is 23.9. The van der Waals surface area contributed by atoms with Crippen LogP contribution in [0.5, 0.6) is 0 Å². The summed E-state index contributed by atoms with van der Waals surface area (Å²) in [6.07, 6.45) is 2.84. The minimum Gasteiger partial charge on any atom is -0.451 e.